The molecule has 0 spiro atoms. The van der Waals surface area contributed by atoms with Crippen molar-refractivity contribution in [3.05, 3.63) is 41.9 Å². The maximum Gasteiger partial charge on any atom is 0.231 e. The molecule has 0 saturated carbocycles. The number of nitrogens with one attached hydrogen (secondary N) is 1. The summed E-state index contributed by atoms with van der Waals surface area (Å²) in [5.74, 6) is 2.42. The van der Waals surface area contributed by atoms with E-state index in [9.17, 15) is 0 Å². The first kappa shape index (κ1) is 13.7. The Morgan fingerprint density at radius 2 is 2.00 bits per heavy atom. The van der Waals surface area contributed by atoms with Crippen LogP contribution in [0, 0.1) is 6.92 Å². The Balaban J connectivity index is 1.74. The van der Waals surface area contributed by atoms with Crippen molar-refractivity contribution in [2.45, 2.75) is 26.2 Å². The van der Waals surface area contributed by atoms with E-state index in [4.69, 9.17) is 9.47 Å². The van der Waals surface area contributed by atoms with Crippen molar-refractivity contribution in [3.63, 3.8) is 0 Å². The number of aryl methyl sites for hydroxylation is 1. The Morgan fingerprint density at radius 3 is 2.81 bits per heavy atom. The molecule has 3 rings (SSSR count). The molecule has 1 N–H and O–H groups in total. The van der Waals surface area contributed by atoms with Crippen LogP contribution < -0.4 is 14.8 Å². The zero-order chi connectivity index (χ0) is 14.9. The van der Waals surface area contributed by atoms with Crippen LogP contribution in [0.3, 0.4) is 0 Å². The second-order valence-electron chi connectivity index (χ2n) is 5.85. The predicted octanol–water partition coefficient (Wildman–Crippen LogP) is 2.90. The number of aromatic nitrogens is 2. The highest BCUT2D eigenvalue weighted by Crippen LogP contribution is 2.36. The van der Waals surface area contributed by atoms with Gasteiger partial charge in [-0.15, -0.1) is 0 Å². The lowest BCUT2D eigenvalue weighted by atomic mass is 9.84. The minimum atomic E-state index is -0.0631. The Hall–Kier alpha value is -2.30. The molecule has 110 valence electrons. The van der Waals surface area contributed by atoms with Crippen molar-refractivity contribution < 1.29 is 9.47 Å². The Kier molecular flexibility index (Phi) is 3.41. The van der Waals surface area contributed by atoms with E-state index in [0.29, 0.717) is 6.79 Å². The molecule has 1 aliphatic heterocycles. The van der Waals surface area contributed by atoms with E-state index >= 15 is 0 Å². The van der Waals surface area contributed by atoms with Gasteiger partial charge in [0, 0.05) is 18.2 Å². The zero-order valence-electron chi connectivity index (χ0n) is 12.5. The molecule has 0 bridgehead atoms. The number of fused-ring (bicyclic) bond motifs is 1. The number of nitrogens with zero attached hydrogens (tertiary/aromatic N) is 2. The Morgan fingerprint density at radius 1 is 1.19 bits per heavy atom. The number of ether oxygens (including phenoxy) is 2. The smallest absolute Gasteiger partial charge is 0.231 e. The van der Waals surface area contributed by atoms with Crippen LogP contribution in [0.4, 0.5) is 5.82 Å². The van der Waals surface area contributed by atoms with Gasteiger partial charge in [-0.05, 0) is 24.6 Å². The van der Waals surface area contributed by atoms with Crippen LogP contribution in [0.1, 0.15) is 25.1 Å². The second-order valence-corrected chi connectivity index (χ2v) is 5.85. The monoisotopic (exact) mass is 285 g/mol. The van der Waals surface area contributed by atoms with Gasteiger partial charge in [0.15, 0.2) is 11.5 Å². The average molecular weight is 285 g/mol. The first-order chi connectivity index (χ1) is 10.0. The van der Waals surface area contributed by atoms with E-state index in [2.05, 4.69) is 35.2 Å². The summed E-state index contributed by atoms with van der Waals surface area (Å²) >= 11 is 0. The molecular weight excluding hydrogens is 266 g/mol. The molecule has 1 aromatic heterocycles. The third-order valence-electron chi connectivity index (χ3n) is 3.62. The third kappa shape index (κ3) is 2.91. The maximum atomic E-state index is 5.45. The molecule has 0 aliphatic carbocycles. The quantitative estimate of drug-likeness (QED) is 0.936. The predicted molar refractivity (Wildman–Crippen MR) is 80.8 cm³/mol. The molecule has 21 heavy (non-hydrogen) atoms. The highest BCUT2D eigenvalue weighted by Gasteiger charge is 2.24. The largest absolute Gasteiger partial charge is 0.454 e. The van der Waals surface area contributed by atoms with Gasteiger partial charge in [0.2, 0.25) is 6.79 Å². The highest BCUT2D eigenvalue weighted by atomic mass is 16.7. The van der Waals surface area contributed by atoms with Crippen molar-refractivity contribution in [1.82, 2.24) is 9.97 Å². The van der Waals surface area contributed by atoms with Gasteiger partial charge in [0.1, 0.15) is 5.82 Å². The standard InChI is InChI=1S/C16H19N3O2/c1-11-7-17-8-15(19-11)18-9-16(2,3)12-4-5-13-14(6-12)21-10-20-13/h4-8H,9-10H2,1-3H3,(H,18,19). The number of rotatable bonds is 4. The van der Waals surface area contributed by atoms with Crippen molar-refractivity contribution in [2.75, 3.05) is 18.7 Å². The number of benzene rings is 1. The molecule has 0 unspecified atom stereocenters. The second kappa shape index (κ2) is 5.24. The summed E-state index contributed by atoms with van der Waals surface area (Å²) in [6.45, 7) is 7.35. The van der Waals surface area contributed by atoms with Gasteiger partial charge in [-0.2, -0.15) is 0 Å². The van der Waals surface area contributed by atoms with Crippen LogP contribution in [0.15, 0.2) is 30.6 Å². The lowest BCUT2D eigenvalue weighted by Gasteiger charge is -2.26. The zero-order valence-corrected chi connectivity index (χ0v) is 12.5. The fourth-order valence-corrected chi connectivity index (χ4v) is 2.28. The van der Waals surface area contributed by atoms with Crippen LogP contribution in [0.25, 0.3) is 0 Å². The van der Waals surface area contributed by atoms with Crippen LogP contribution in [-0.4, -0.2) is 23.3 Å². The van der Waals surface area contributed by atoms with Crippen molar-refractivity contribution in [2.24, 2.45) is 0 Å². The lowest BCUT2D eigenvalue weighted by molar-refractivity contribution is 0.174. The summed E-state index contributed by atoms with van der Waals surface area (Å²) in [6, 6.07) is 6.09. The minimum Gasteiger partial charge on any atom is -0.454 e. The number of anilines is 1. The average Bonchev–Trinajstić information content (AvgIpc) is 2.93. The molecule has 5 heteroatoms. The fraction of sp³-hybridized carbons (Fsp3) is 0.375. The molecule has 0 amide bonds. The van der Waals surface area contributed by atoms with E-state index in [0.717, 1.165) is 29.6 Å². The number of hydrogen-bond acceptors (Lipinski definition) is 5. The molecule has 0 radical (unpaired) electrons. The van der Waals surface area contributed by atoms with Gasteiger partial charge in [0.05, 0.1) is 11.9 Å². The Bertz CT molecular complexity index is 656. The summed E-state index contributed by atoms with van der Waals surface area (Å²) < 4.78 is 10.8. The van der Waals surface area contributed by atoms with Crippen LogP contribution >= 0.6 is 0 Å². The SMILES string of the molecule is Cc1cncc(NCC(C)(C)c2ccc3c(c2)OCO3)n1. The highest BCUT2D eigenvalue weighted by molar-refractivity contribution is 5.47. The molecule has 1 aromatic carbocycles. The summed E-state index contributed by atoms with van der Waals surface area (Å²) in [4.78, 5) is 8.55. The van der Waals surface area contributed by atoms with Crippen molar-refractivity contribution in [1.29, 1.82) is 0 Å². The summed E-state index contributed by atoms with van der Waals surface area (Å²) in [6.07, 6.45) is 3.48. The molecule has 0 fully saturated rings. The van der Waals surface area contributed by atoms with Crippen LogP contribution in [0.5, 0.6) is 11.5 Å². The first-order valence-electron chi connectivity index (χ1n) is 6.97. The fourth-order valence-electron chi connectivity index (χ4n) is 2.28. The minimum absolute atomic E-state index is 0.0631. The topological polar surface area (TPSA) is 56.3 Å². The van der Waals surface area contributed by atoms with Crippen LogP contribution in [-0.2, 0) is 5.41 Å². The van der Waals surface area contributed by atoms with Gasteiger partial charge >= 0.3 is 0 Å². The number of hydrogen-bond donors (Lipinski definition) is 1. The molecule has 1 aliphatic rings. The normalized spacial score (nSPS) is 13.3. The lowest BCUT2D eigenvalue weighted by Crippen LogP contribution is -2.28. The maximum absolute atomic E-state index is 5.45. The van der Waals surface area contributed by atoms with E-state index in [1.165, 1.54) is 5.56 Å². The van der Waals surface area contributed by atoms with E-state index in [-0.39, 0.29) is 5.41 Å². The molecule has 5 nitrogen and oxygen atoms in total. The van der Waals surface area contributed by atoms with Crippen molar-refractivity contribution in [3.8, 4) is 11.5 Å². The van der Waals surface area contributed by atoms with Gasteiger partial charge < -0.3 is 14.8 Å². The van der Waals surface area contributed by atoms with Gasteiger partial charge in [0.25, 0.3) is 0 Å². The molecule has 2 heterocycles. The van der Waals surface area contributed by atoms with E-state index in [1.807, 2.05) is 19.1 Å². The Labute approximate surface area is 124 Å². The van der Waals surface area contributed by atoms with Gasteiger partial charge in [-0.3, -0.25) is 4.98 Å². The van der Waals surface area contributed by atoms with E-state index in [1.54, 1.807) is 12.4 Å². The molecule has 0 saturated heterocycles. The van der Waals surface area contributed by atoms with Crippen molar-refractivity contribution >= 4 is 5.82 Å². The summed E-state index contributed by atoms with van der Waals surface area (Å²) in [5.41, 5.74) is 2.03. The molecular formula is C16H19N3O2. The molecule has 0 atom stereocenters. The summed E-state index contributed by atoms with van der Waals surface area (Å²) in [5, 5.41) is 3.35. The molecule has 2 aromatic rings. The van der Waals surface area contributed by atoms with Gasteiger partial charge in [-0.1, -0.05) is 19.9 Å². The van der Waals surface area contributed by atoms with E-state index < -0.39 is 0 Å². The third-order valence-corrected chi connectivity index (χ3v) is 3.62. The van der Waals surface area contributed by atoms with Crippen LogP contribution in [0.2, 0.25) is 0 Å². The summed E-state index contributed by atoms with van der Waals surface area (Å²) in [7, 11) is 0. The van der Waals surface area contributed by atoms with Gasteiger partial charge in [-0.25, -0.2) is 4.98 Å². The first-order valence-corrected chi connectivity index (χ1v) is 6.97.